The van der Waals surface area contributed by atoms with Crippen LogP contribution in [0.15, 0.2) is 71.6 Å². The molecule has 9 heteroatoms. The largest absolute Gasteiger partial charge is 0.368 e. The summed E-state index contributed by atoms with van der Waals surface area (Å²) in [6, 6.07) is 19.5. The predicted octanol–water partition coefficient (Wildman–Crippen LogP) is 3.69. The van der Waals surface area contributed by atoms with Gasteiger partial charge in [-0.05, 0) is 29.5 Å². The van der Waals surface area contributed by atoms with Crippen LogP contribution < -0.4 is 15.8 Å². The van der Waals surface area contributed by atoms with E-state index in [9.17, 15) is 13.6 Å². The number of para-hydroxylation sites is 1. The standard InChI is InChI=1S/C25H29N5O3S/c1-16(2)23(24(26)31)30-25-19-12-6-7-13-20(19)28-22(29-25)15-27-34(3,32,33)21-14-8-10-17-9-4-5-11-18(17)21/h4-14,16,23H,15H2,1-3H3,(H2,26,31)(H2,27,32,33)(H,28,29,30)/t23-/m0/s1. The van der Waals surface area contributed by atoms with Crippen molar-refractivity contribution in [1.82, 2.24) is 14.7 Å². The Labute approximate surface area is 198 Å². The summed E-state index contributed by atoms with van der Waals surface area (Å²) in [7, 11) is -4.45. The molecule has 5 N–H and O–H groups in total. The lowest BCUT2D eigenvalue weighted by atomic mass is 10.0. The summed E-state index contributed by atoms with van der Waals surface area (Å²) in [4.78, 5) is 21.4. The molecule has 1 heterocycles. The predicted molar refractivity (Wildman–Crippen MR) is 137 cm³/mol. The first-order valence-electron chi connectivity index (χ1n) is 11.0. The number of hydrogen-bond acceptors (Lipinski definition) is 5. The van der Waals surface area contributed by atoms with E-state index in [-0.39, 0.29) is 12.5 Å². The Morgan fingerprint density at radius 2 is 1.65 bits per heavy atom. The maximum absolute atomic E-state index is 13.8. The van der Waals surface area contributed by atoms with Gasteiger partial charge >= 0.3 is 0 Å². The Balaban J connectivity index is 1.71. The van der Waals surface area contributed by atoms with Gasteiger partial charge in [0.1, 0.15) is 17.7 Å². The van der Waals surface area contributed by atoms with Crippen molar-refractivity contribution in [3.8, 4) is 0 Å². The van der Waals surface area contributed by atoms with Gasteiger partial charge in [-0.3, -0.25) is 9.35 Å². The molecule has 4 aromatic rings. The van der Waals surface area contributed by atoms with Gasteiger partial charge in [0.2, 0.25) is 5.91 Å². The highest BCUT2D eigenvalue weighted by Crippen LogP contribution is 2.33. The zero-order valence-corrected chi connectivity index (χ0v) is 20.2. The van der Waals surface area contributed by atoms with Crippen LogP contribution in [0.2, 0.25) is 0 Å². The summed E-state index contributed by atoms with van der Waals surface area (Å²) in [6.45, 7) is 3.71. The zero-order chi connectivity index (χ0) is 24.5. The number of fused-ring (bicyclic) bond motifs is 2. The molecular formula is C25H29N5O3S. The van der Waals surface area contributed by atoms with Crippen LogP contribution in [-0.2, 0) is 20.9 Å². The van der Waals surface area contributed by atoms with Crippen LogP contribution in [0.1, 0.15) is 19.7 Å². The average molecular weight is 480 g/mol. The quantitative estimate of drug-likeness (QED) is 0.305. The molecule has 0 unspecified atom stereocenters. The number of carbonyl (C=O) groups excluding carboxylic acids is 1. The second-order valence-electron chi connectivity index (χ2n) is 8.86. The molecule has 3 aromatic carbocycles. The van der Waals surface area contributed by atoms with Crippen molar-refractivity contribution in [2.45, 2.75) is 31.3 Å². The molecule has 0 fully saturated rings. The number of hydrogen-bond donors (Lipinski definition) is 4. The Morgan fingerprint density at radius 1 is 1.00 bits per heavy atom. The second kappa shape index (κ2) is 8.75. The SMILES string of the molecule is CC(C)[C@H](Nc1nc(CNS(C)(=O)(O)c2cccc3ccccc23)nc2ccccc12)C(N)=O. The Morgan fingerprint density at radius 3 is 2.35 bits per heavy atom. The highest BCUT2D eigenvalue weighted by atomic mass is 32.3. The van der Waals surface area contributed by atoms with Crippen molar-refractivity contribution in [2.24, 2.45) is 11.7 Å². The summed E-state index contributed by atoms with van der Waals surface area (Å²) >= 11 is 0. The number of amides is 1. The molecule has 1 atom stereocenters. The molecule has 0 aliphatic carbocycles. The summed E-state index contributed by atoms with van der Waals surface area (Å²) in [6.07, 6.45) is 1.29. The van der Waals surface area contributed by atoms with E-state index in [1.165, 1.54) is 6.26 Å². The fourth-order valence-corrected chi connectivity index (χ4v) is 5.68. The number of rotatable bonds is 8. The van der Waals surface area contributed by atoms with Crippen LogP contribution in [0.25, 0.3) is 21.7 Å². The minimum Gasteiger partial charge on any atom is -0.368 e. The molecule has 4 rings (SSSR count). The summed E-state index contributed by atoms with van der Waals surface area (Å²) in [5.41, 5.74) is 6.23. The third-order valence-electron chi connectivity index (χ3n) is 5.75. The van der Waals surface area contributed by atoms with Crippen LogP contribution >= 0.6 is 0 Å². The van der Waals surface area contributed by atoms with Crippen molar-refractivity contribution >= 4 is 42.9 Å². The van der Waals surface area contributed by atoms with Gasteiger partial charge in [-0.1, -0.05) is 62.4 Å². The number of carbonyl (C=O) groups is 1. The smallest absolute Gasteiger partial charge is 0.240 e. The second-order valence-corrected chi connectivity index (χ2v) is 12.2. The molecule has 0 saturated heterocycles. The lowest BCUT2D eigenvalue weighted by Gasteiger charge is -2.40. The molecule has 0 radical (unpaired) electrons. The Bertz CT molecular complexity index is 1440. The number of nitrogens with zero attached hydrogens (tertiary/aromatic N) is 2. The third kappa shape index (κ3) is 4.77. The maximum Gasteiger partial charge on any atom is 0.240 e. The summed E-state index contributed by atoms with van der Waals surface area (Å²) < 4.78 is 27.9. The van der Waals surface area contributed by atoms with Crippen LogP contribution in [0, 0.1) is 5.92 Å². The van der Waals surface area contributed by atoms with Crippen molar-refractivity contribution in [2.75, 3.05) is 11.6 Å². The lowest BCUT2D eigenvalue weighted by molar-refractivity contribution is -0.119. The monoisotopic (exact) mass is 479 g/mol. The van der Waals surface area contributed by atoms with Crippen LogP contribution in [0.5, 0.6) is 0 Å². The zero-order valence-electron chi connectivity index (χ0n) is 19.4. The molecule has 1 amide bonds. The average Bonchev–Trinajstić information content (AvgIpc) is 2.80. The fourth-order valence-electron chi connectivity index (χ4n) is 3.95. The molecule has 0 saturated carbocycles. The van der Waals surface area contributed by atoms with Crippen molar-refractivity contribution < 1.29 is 13.6 Å². The van der Waals surface area contributed by atoms with E-state index in [1.54, 1.807) is 12.1 Å². The minimum atomic E-state index is -4.45. The van der Waals surface area contributed by atoms with E-state index in [0.29, 0.717) is 27.4 Å². The molecule has 1 aromatic heterocycles. The van der Waals surface area contributed by atoms with Gasteiger partial charge in [0, 0.05) is 17.0 Å². The fraction of sp³-hybridized carbons (Fsp3) is 0.240. The molecule has 0 aliphatic heterocycles. The van der Waals surface area contributed by atoms with E-state index >= 15 is 0 Å². The number of aromatic nitrogens is 2. The lowest BCUT2D eigenvalue weighted by Crippen LogP contribution is -2.46. The van der Waals surface area contributed by atoms with Gasteiger partial charge in [-0.15, -0.1) is 9.53 Å². The van der Waals surface area contributed by atoms with Gasteiger partial charge in [-0.25, -0.2) is 14.7 Å². The normalized spacial score (nSPS) is 14.1. The van der Waals surface area contributed by atoms with Gasteiger partial charge < -0.3 is 11.1 Å². The first-order valence-corrected chi connectivity index (χ1v) is 13.3. The molecule has 8 nitrogen and oxygen atoms in total. The summed E-state index contributed by atoms with van der Waals surface area (Å²) in [5.74, 6) is 0.210. The molecule has 0 aliphatic rings. The van der Waals surface area contributed by atoms with Crippen molar-refractivity contribution in [3.63, 3.8) is 0 Å². The van der Waals surface area contributed by atoms with E-state index in [2.05, 4.69) is 20.0 Å². The minimum absolute atomic E-state index is 0.0596. The van der Waals surface area contributed by atoms with Gasteiger partial charge in [0.15, 0.2) is 0 Å². The van der Waals surface area contributed by atoms with Crippen LogP contribution in [-0.4, -0.2) is 36.9 Å². The van der Waals surface area contributed by atoms with Gasteiger partial charge in [-0.2, -0.15) is 4.21 Å². The maximum atomic E-state index is 13.8. The first-order chi connectivity index (χ1) is 16.0. The van der Waals surface area contributed by atoms with Crippen LogP contribution in [0.3, 0.4) is 0 Å². The molecule has 0 bridgehead atoms. The van der Waals surface area contributed by atoms with Crippen molar-refractivity contribution in [3.05, 3.63) is 72.6 Å². The number of primary amides is 1. The van der Waals surface area contributed by atoms with E-state index in [1.807, 2.05) is 68.4 Å². The molecule has 178 valence electrons. The van der Waals surface area contributed by atoms with Gasteiger partial charge in [0.05, 0.1) is 17.0 Å². The highest BCUT2D eigenvalue weighted by Gasteiger charge is 2.27. The van der Waals surface area contributed by atoms with Gasteiger partial charge in [0.25, 0.3) is 0 Å². The van der Waals surface area contributed by atoms with E-state index in [4.69, 9.17) is 5.73 Å². The number of anilines is 1. The highest BCUT2D eigenvalue weighted by molar-refractivity contribution is 8.13. The van der Waals surface area contributed by atoms with E-state index in [0.717, 1.165) is 10.8 Å². The van der Waals surface area contributed by atoms with Crippen molar-refractivity contribution in [1.29, 1.82) is 0 Å². The molecule has 34 heavy (non-hydrogen) atoms. The first kappa shape index (κ1) is 23.7. The van der Waals surface area contributed by atoms with Crippen LogP contribution in [0.4, 0.5) is 5.82 Å². The topological polar surface area (TPSA) is 130 Å². The number of nitrogens with two attached hydrogens (primary N) is 1. The number of nitrogens with one attached hydrogen (secondary N) is 2. The summed E-state index contributed by atoms with van der Waals surface area (Å²) in [5, 5.41) is 5.43. The molecular weight excluding hydrogens is 450 g/mol. The third-order valence-corrected chi connectivity index (χ3v) is 7.97. The Kier molecular flexibility index (Phi) is 6.11. The number of benzene rings is 3. The van der Waals surface area contributed by atoms with E-state index < -0.39 is 21.5 Å². The Hall–Kier alpha value is -3.40. The molecule has 0 spiro atoms.